The topological polar surface area (TPSA) is 81.2 Å². The van der Waals surface area contributed by atoms with Gasteiger partial charge in [-0.15, -0.1) is 10.2 Å². The molecule has 0 saturated carbocycles. The maximum Gasteiger partial charge on any atom is 0.261 e. The van der Waals surface area contributed by atoms with Crippen LogP contribution in [0.15, 0.2) is 83.8 Å². The third kappa shape index (κ3) is 4.41. The van der Waals surface area contributed by atoms with E-state index < -0.39 is 10.0 Å². The molecule has 3 aromatic carbocycles. The average Bonchev–Trinajstić information content (AvgIpc) is 2.77. The van der Waals surface area contributed by atoms with Gasteiger partial charge in [-0.1, -0.05) is 49.4 Å². The first-order valence-corrected chi connectivity index (χ1v) is 11.1. The number of ether oxygens (including phenoxy) is 1. The van der Waals surface area contributed by atoms with Crippen molar-refractivity contribution in [3.63, 3.8) is 0 Å². The normalized spacial score (nSPS) is 11.4. The number of nitrogens with zero attached hydrogens (tertiary/aromatic N) is 2. The zero-order valence-corrected chi connectivity index (χ0v) is 17.3. The first-order valence-electron chi connectivity index (χ1n) is 9.64. The number of sulfonamides is 1. The molecule has 0 unspecified atom stereocenters. The van der Waals surface area contributed by atoms with Crippen LogP contribution in [0.3, 0.4) is 0 Å². The van der Waals surface area contributed by atoms with E-state index >= 15 is 0 Å². The fourth-order valence-corrected chi connectivity index (χ4v) is 4.13. The van der Waals surface area contributed by atoms with Crippen molar-refractivity contribution in [1.82, 2.24) is 10.2 Å². The lowest BCUT2D eigenvalue weighted by molar-refractivity contribution is 0.302. The summed E-state index contributed by atoms with van der Waals surface area (Å²) in [5.74, 6) is 0.466. The lowest BCUT2D eigenvalue weighted by Crippen LogP contribution is -2.12. The van der Waals surface area contributed by atoms with Crippen LogP contribution in [0.2, 0.25) is 0 Å². The number of fused-ring (bicyclic) bond motifs is 1. The third-order valence-corrected chi connectivity index (χ3v) is 5.91. The van der Waals surface area contributed by atoms with Crippen molar-refractivity contribution in [3.05, 3.63) is 78.9 Å². The van der Waals surface area contributed by atoms with Gasteiger partial charge in [-0.2, -0.15) is 0 Å². The number of aromatic nitrogens is 2. The maximum atomic E-state index is 12.9. The largest absolute Gasteiger partial charge is 0.477 e. The average molecular weight is 420 g/mol. The molecule has 4 aromatic rings. The molecule has 1 heterocycles. The van der Waals surface area contributed by atoms with Crippen molar-refractivity contribution >= 4 is 26.5 Å². The Morgan fingerprint density at radius 1 is 0.867 bits per heavy atom. The van der Waals surface area contributed by atoms with E-state index in [1.54, 1.807) is 48.5 Å². The van der Waals surface area contributed by atoms with E-state index in [1.807, 2.05) is 37.3 Å². The first kappa shape index (κ1) is 19.8. The summed E-state index contributed by atoms with van der Waals surface area (Å²) >= 11 is 0. The van der Waals surface area contributed by atoms with Crippen LogP contribution in [-0.2, 0) is 10.0 Å². The summed E-state index contributed by atoms with van der Waals surface area (Å²) in [5.41, 5.74) is 1.84. The van der Waals surface area contributed by atoms with E-state index in [9.17, 15) is 8.42 Å². The van der Waals surface area contributed by atoms with E-state index in [0.717, 1.165) is 22.8 Å². The van der Waals surface area contributed by atoms with Gasteiger partial charge in [0.2, 0.25) is 5.88 Å². The van der Waals surface area contributed by atoms with Crippen LogP contribution in [0.4, 0.5) is 5.69 Å². The highest BCUT2D eigenvalue weighted by atomic mass is 32.2. The molecular weight excluding hydrogens is 398 g/mol. The molecule has 0 fully saturated rings. The second kappa shape index (κ2) is 8.51. The summed E-state index contributed by atoms with van der Waals surface area (Å²) in [6.07, 6.45) is 0.892. The van der Waals surface area contributed by atoms with Crippen molar-refractivity contribution < 1.29 is 13.2 Å². The lowest BCUT2D eigenvalue weighted by Gasteiger charge is -2.10. The van der Waals surface area contributed by atoms with Gasteiger partial charge in [0.25, 0.3) is 10.0 Å². The van der Waals surface area contributed by atoms with Crippen LogP contribution in [-0.4, -0.2) is 25.2 Å². The Hall–Kier alpha value is -3.45. The second-order valence-corrected chi connectivity index (χ2v) is 8.48. The SMILES string of the molecule is CCCOc1ccc(-c2cccc(NS(=O)(=O)c3ccc4ccccc4c3)c2)nn1. The van der Waals surface area contributed by atoms with Crippen molar-refractivity contribution in [3.8, 4) is 17.1 Å². The van der Waals surface area contributed by atoms with Gasteiger partial charge in [0.1, 0.15) is 0 Å². The van der Waals surface area contributed by atoms with Gasteiger partial charge < -0.3 is 4.74 Å². The van der Waals surface area contributed by atoms with Gasteiger partial charge in [-0.05, 0) is 47.5 Å². The summed E-state index contributed by atoms with van der Waals surface area (Å²) in [5, 5.41) is 10.1. The first-order chi connectivity index (χ1) is 14.5. The fraction of sp³-hybridized carbons (Fsp3) is 0.130. The van der Waals surface area contributed by atoms with Gasteiger partial charge in [-0.3, -0.25) is 4.72 Å². The smallest absolute Gasteiger partial charge is 0.261 e. The van der Waals surface area contributed by atoms with Crippen molar-refractivity contribution in [2.24, 2.45) is 0 Å². The molecule has 30 heavy (non-hydrogen) atoms. The number of rotatable bonds is 7. The van der Waals surface area contributed by atoms with E-state index in [-0.39, 0.29) is 4.90 Å². The monoisotopic (exact) mass is 419 g/mol. The molecule has 6 nitrogen and oxygen atoms in total. The molecule has 0 amide bonds. The summed E-state index contributed by atoms with van der Waals surface area (Å²) in [7, 11) is -3.73. The molecular formula is C23H21N3O3S. The molecule has 7 heteroatoms. The van der Waals surface area contributed by atoms with Gasteiger partial charge >= 0.3 is 0 Å². The molecule has 0 aliphatic heterocycles. The van der Waals surface area contributed by atoms with Crippen molar-refractivity contribution in [1.29, 1.82) is 0 Å². The van der Waals surface area contributed by atoms with Gasteiger partial charge in [-0.25, -0.2) is 8.42 Å². The van der Waals surface area contributed by atoms with Crippen LogP contribution in [0.1, 0.15) is 13.3 Å². The predicted molar refractivity (Wildman–Crippen MR) is 118 cm³/mol. The van der Waals surface area contributed by atoms with Crippen LogP contribution in [0.5, 0.6) is 5.88 Å². The van der Waals surface area contributed by atoms with Crippen LogP contribution < -0.4 is 9.46 Å². The zero-order valence-electron chi connectivity index (χ0n) is 16.4. The summed E-state index contributed by atoms with van der Waals surface area (Å²) in [4.78, 5) is 0.212. The zero-order chi connectivity index (χ0) is 21.0. The van der Waals surface area contributed by atoms with Crippen LogP contribution in [0.25, 0.3) is 22.0 Å². The molecule has 0 bridgehead atoms. The molecule has 0 spiro atoms. The highest BCUT2D eigenvalue weighted by molar-refractivity contribution is 7.92. The summed E-state index contributed by atoms with van der Waals surface area (Å²) < 4.78 is 33.9. The number of hydrogen-bond acceptors (Lipinski definition) is 5. The van der Waals surface area contributed by atoms with Crippen LogP contribution in [0, 0.1) is 0 Å². The Balaban J connectivity index is 1.57. The Morgan fingerprint density at radius 3 is 2.47 bits per heavy atom. The summed E-state index contributed by atoms with van der Waals surface area (Å²) in [6, 6.07) is 23.3. The second-order valence-electron chi connectivity index (χ2n) is 6.80. The molecule has 152 valence electrons. The molecule has 0 atom stereocenters. The van der Waals surface area contributed by atoms with E-state index in [0.29, 0.717) is 23.9 Å². The molecule has 1 aromatic heterocycles. The lowest BCUT2D eigenvalue weighted by atomic mass is 10.1. The molecule has 0 aliphatic rings. The maximum absolute atomic E-state index is 12.9. The van der Waals surface area contributed by atoms with E-state index in [2.05, 4.69) is 14.9 Å². The molecule has 0 saturated heterocycles. The van der Waals surface area contributed by atoms with Gasteiger partial charge in [0, 0.05) is 17.3 Å². The minimum atomic E-state index is -3.73. The predicted octanol–water partition coefficient (Wildman–Crippen LogP) is 4.89. The van der Waals surface area contributed by atoms with E-state index in [1.165, 1.54) is 0 Å². The number of nitrogens with one attached hydrogen (secondary N) is 1. The third-order valence-electron chi connectivity index (χ3n) is 4.54. The van der Waals surface area contributed by atoms with E-state index in [4.69, 9.17) is 4.74 Å². The number of hydrogen-bond donors (Lipinski definition) is 1. The number of anilines is 1. The minimum Gasteiger partial charge on any atom is -0.477 e. The molecule has 1 N–H and O–H groups in total. The standard InChI is InChI=1S/C23H21N3O3S/c1-2-14-29-23-13-12-22(24-25-23)19-8-5-9-20(15-19)26-30(27,28)21-11-10-17-6-3-4-7-18(17)16-21/h3-13,15-16,26H,2,14H2,1H3. The Bertz CT molecular complexity index is 1270. The Kier molecular flexibility index (Phi) is 5.63. The molecule has 0 radical (unpaired) electrons. The quantitative estimate of drug-likeness (QED) is 0.461. The van der Waals surface area contributed by atoms with Gasteiger partial charge in [0.05, 0.1) is 17.2 Å². The number of benzene rings is 3. The minimum absolute atomic E-state index is 0.212. The van der Waals surface area contributed by atoms with Crippen molar-refractivity contribution in [2.75, 3.05) is 11.3 Å². The Morgan fingerprint density at radius 2 is 1.70 bits per heavy atom. The molecule has 0 aliphatic carbocycles. The van der Waals surface area contributed by atoms with Crippen molar-refractivity contribution in [2.45, 2.75) is 18.2 Å². The fourth-order valence-electron chi connectivity index (χ4n) is 3.05. The van der Waals surface area contributed by atoms with Gasteiger partial charge in [0.15, 0.2) is 0 Å². The molecule has 4 rings (SSSR count). The Labute approximate surface area is 175 Å². The highest BCUT2D eigenvalue weighted by Crippen LogP contribution is 2.25. The summed E-state index contributed by atoms with van der Waals surface area (Å²) in [6.45, 7) is 2.60. The highest BCUT2D eigenvalue weighted by Gasteiger charge is 2.15. The van der Waals surface area contributed by atoms with Crippen LogP contribution >= 0.6 is 0 Å².